The molecule has 2 rings (SSSR count). The van der Waals surface area contributed by atoms with E-state index in [4.69, 9.17) is 0 Å². The minimum absolute atomic E-state index is 0.0472. The van der Waals surface area contributed by atoms with E-state index in [1.54, 1.807) is 0 Å². The molecule has 94 valence electrons. The first-order valence-corrected chi connectivity index (χ1v) is 6.61. The molecule has 0 saturated heterocycles. The van der Waals surface area contributed by atoms with Crippen molar-refractivity contribution in [3.05, 3.63) is 58.3 Å². The Hall–Kier alpha value is -1.55. The number of hydrogen-bond donors (Lipinski definition) is 1. The molecule has 4 heteroatoms. The first-order valence-electron chi connectivity index (χ1n) is 5.82. The Balaban J connectivity index is 1.91. The third-order valence-electron chi connectivity index (χ3n) is 2.69. The molecule has 2 aromatic rings. The zero-order chi connectivity index (χ0) is 13.0. The van der Waals surface area contributed by atoms with Crippen LogP contribution in [0.1, 0.15) is 15.9 Å². The summed E-state index contributed by atoms with van der Waals surface area (Å²) in [6.07, 6.45) is 3.96. The van der Waals surface area contributed by atoms with E-state index in [0.717, 1.165) is 16.6 Å². The summed E-state index contributed by atoms with van der Waals surface area (Å²) < 4.78 is 2.87. The predicted octanol–water partition coefficient (Wildman–Crippen LogP) is 2.99. The zero-order valence-corrected chi connectivity index (χ0v) is 11.8. The van der Waals surface area contributed by atoms with E-state index < -0.39 is 0 Å². The highest BCUT2D eigenvalue weighted by atomic mass is 79.9. The maximum Gasteiger partial charge on any atom is 0.252 e. The van der Waals surface area contributed by atoms with Crippen LogP contribution in [0.15, 0.2) is 47.2 Å². The van der Waals surface area contributed by atoms with E-state index >= 15 is 0 Å². The van der Waals surface area contributed by atoms with Crippen molar-refractivity contribution in [2.45, 2.75) is 13.5 Å². The van der Waals surface area contributed by atoms with Gasteiger partial charge in [-0.2, -0.15) is 0 Å². The second-order valence-corrected chi connectivity index (χ2v) is 5.01. The summed E-state index contributed by atoms with van der Waals surface area (Å²) in [4.78, 5) is 12.0. The molecule has 1 amide bonds. The number of amides is 1. The molecule has 18 heavy (non-hydrogen) atoms. The number of nitrogens with zero attached hydrogens (tertiary/aromatic N) is 1. The lowest BCUT2D eigenvalue weighted by Gasteiger charge is -2.08. The molecule has 1 heterocycles. The first kappa shape index (κ1) is 12.9. The normalized spacial score (nSPS) is 10.3. The maximum atomic E-state index is 12.0. The van der Waals surface area contributed by atoms with Crippen LogP contribution in [0, 0.1) is 6.92 Å². The fourth-order valence-electron chi connectivity index (χ4n) is 1.72. The summed E-state index contributed by atoms with van der Waals surface area (Å²) in [7, 11) is 0. The highest BCUT2D eigenvalue weighted by Gasteiger charge is 2.08. The van der Waals surface area contributed by atoms with Crippen LogP contribution in [-0.4, -0.2) is 17.0 Å². The Labute approximate surface area is 115 Å². The molecular weight excluding hydrogens is 292 g/mol. The lowest BCUT2D eigenvalue weighted by molar-refractivity contribution is 0.0951. The van der Waals surface area contributed by atoms with Gasteiger partial charge in [-0.15, -0.1) is 0 Å². The third kappa shape index (κ3) is 3.23. The van der Waals surface area contributed by atoms with Crippen molar-refractivity contribution in [2.75, 3.05) is 6.54 Å². The van der Waals surface area contributed by atoms with Crippen LogP contribution in [0.2, 0.25) is 0 Å². The van der Waals surface area contributed by atoms with Crippen molar-refractivity contribution in [3.8, 4) is 0 Å². The van der Waals surface area contributed by atoms with Gasteiger partial charge in [0.25, 0.3) is 5.91 Å². The van der Waals surface area contributed by atoms with Gasteiger partial charge in [-0.25, -0.2) is 0 Å². The van der Waals surface area contributed by atoms with Gasteiger partial charge < -0.3 is 9.88 Å². The van der Waals surface area contributed by atoms with Crippen molar-refractivity contribution >= 4 is 21.8 Å². The molecule has 0 aliphatic carbocycles. The van der Waals surface area contributed by atoms with Crippen molar-refractivity contribution < 1.29 is 4.79 Å². The molecule has 1 N–H and O–H groups in total. The molecule has 0 unspecified atom stereocenters. The summed E-state index contributed by atoms with van der Waals surface area (Å²) in [5.74, 6) is -0.0472. The van der Waals surface area contributed by atoms with Crippen molar-refractivity contribution in [1.82, 2.24) is 9.88 Å². The highest BCUT2D eigenvalue weighted by molar-refractivity contribution is 9.10. The largest absolute Gasteiger partial charge is 0.353 e. The number of halogens is 1. The molecule has 0 spiro atoms. The van der Waals surface area contributed by atoms with Crippen LogP contribution in [-0.2, 0) is 6.54 Å². The number of benzene rings is 1. The van der Waals surface area contributed by atoms with E-state index in [-0.39, 0.29) is 5.91 Å². The monoisotopic (exact) mass is 306 g/mol. The van der Waals surface area contributed by atoms with Crippen LogP contribution < -0.4 is 5.32 Å². The fourth-order valence-corrected chi connectivity index (χ4v) is 2.39. The average Bonchev–Trinajstić information content (AvgIpc) is 2.81. The minimum atomic E-state index is -0.0472. The van der Waals surface area contributed by atoms with Crippen molar-refractivity contribution in [1.29, 1.82) is 0 Å². The number of carbonyl (C=O) groups is 1. The van der Waals surface area contributed by atoms with Gasteiger partial charge in [-0.05, 0) is 52.7 Å². The van der Waals surface area contributed by atoms with Gasteiger partial charge in [0, 0.05) is 30.0 Å². The first-order chi connectivity index (χ1) is 8.66. The highest BCUT2D eigenvalue weighted by Crippen LogP contribution is 2.18. The predicted molar refractivity (Wildman–Crippen MR) is 75.6 cm³/mol. The Kier molecular flexibility index (Phi) is 4.20. The van der Waals surface area contributed by atoms with Crippen LogP contribution in [0.5, 0.6) is 0 Å². The molecule has 3 nitrogen and oxygen atoms in total. The number of carbonyl (C=O) groups excluding carboxylic acids is 1. The minimum Gasteiger partial charge on any atom is -0.353 e. The van der Waals surface area contributed by atoms with E-state index in [1.807, 2.05) is 54.2 Å². The van der Waals surface area contributed by atoms with Gasteiger partial charge >= 0.3 is 0 Å². The molecule has 0 aliphatic heterocycles. The van der Waals surface area contributed by atoms with Crippen LogP contribution in [0.3, 0.4) is 0 Å². The van der Waals surface area contributed by atoms with Gasteiger partial charge in [0.05, 0.1) is 5.56 Å². The van der Waals surface area contributed by atoms with Gasteiger partial charge in [-0.1, -0.05) is 6.07 Å². The molecule has 0 bridgehead atoms. The van der Waals surface area contributed by atoms with Crippen molar-refractivity contribution in [3.63, 3.8) is 0 Å². The van der Waals surface area contributed by atoms with Gasteiger partial charge in [-0.3, -0.25) is 4.79 Å². The molecule has 1 aromatic carbocycles. The average molecular weight is 307 g/mol. The van der Waals surface area contributed by atoms with E-state index in [2.05, 4.69) is 21.2 Å². The van der Waals surface area contributed by atoms with Crippen LogP contribution in [0.4, 0.5) is 0 Å². The molecular formula is C14H15BrN2O. The van der Waals surface area contributed by atoms with Gasteiger partial charge in [0.2, 0.25) is 0 Å². The van der Waals surface area contributed by atoms with Gasteiger partial charge in [0.15, 0.2) is 0 Å². The van der Waals surface area contributed by atoms with Gasteiger partial charge in [0.1, 0.15) is 0 Å². The maximum absolute atomic E-state index is 12.0. The Morgan fingerprint density at radius 3 is 2.72 bits per heavy atom. The third-order valence-corrected chi connectivity index (χ3v) is 3.35. The summed E-state index contributed by atoms with van der Waals surface area (Å²) in [5.41, 5.74) is 1.80. The van der Waals surface area contributed by atoms with Crippen LogP contribution >= 0.6 is 15.9 Å². The molecule has 0 saturated carbocycles. The SMILES string of the molecule is Cc1ccc(C(=O)NCCn2cccc2)c(Br)c1. The van der Waals surface area contributed by atoms with E-state index in [9.17, 15) is 4.79 Å². The Morgan fingerprint density at radius 2 is 2.06 bits per heavy atom. The van der Waals surface area contributed by atoms with E-state index in [1.165, 1.54) is 0 Å². The standard InChI is InChI=1S/C14H15BrN2O/c1-11-4-5-12(13(15)10-11)14(18)16-6-9-17-7-2-3-8-17/h2-5,7-8,10H,6,9H2,1H3,(H,16,18). The molecule has 1 aromatic heterocycles. The van der Waals surface area contributed by atoms with Crippen LogP contribution in [0.25, 0.3) is 0 Å². The van der Waals surface area contributed by atoms with E-state index in [0.29, 0.717) is 12.1 Å². The molecule has 0 radical (unpaired) electrons. The van der Waals surface area contributed by atoms with Crippen molar-refractivity contribution in [2.24, 2.45) is 0 Å². The number of hydrogen-bond acceptors (Lipinski definition) is 1. The summed E-state index contributed by atoms with van der Waals surface area (Å²) in [6, 6.07) is 9.66. The quantitative estimate of drug-likeness (QED) is 0.926. The summed E-state index contributed by atoms with van der Waals surface area (Å²) >= 11 is 3.41. The fraction of sp³-hybridized carbons (Fsp3) is 0.214. The number of aryl methyl sites for hydroxylation is 1. The molecule has 0 fully saturated rings. The molecule has 0 atom stereocenters. The second-order valence-electron chi connectivity index (χ2n) is 4.16. The Bertz CT molecular complexity index is 535. The summed E-state index contributed by atoms with van der Waals surface area (Å²) in [6.45, 7) is 3.40. The summed E-state index contributed by atoms with van der Waals surface area (Å²) in [5, 5.41) is 2.91. The zero-order valence-electron chi connectivity index (χ0n) is 10.2. The topological polar surface area (TPSA) is 34.0 Å². The molecule has 0 aliphatic rings. The smallest absolute Gasteiger partial charge is 0.252 e. The second kappa shape index (κ2) is 5.87. The number of nitrogens with one attached hydrogen (secondary N) is 1. The Morgan fingerprint density at radius 1 is 1.33 bits per heavy atom. The lowest BCUT2D eigenvalue weighted by atomic mass is 10.1. The number of rotatable bonds is 4. The number of aromatic nitrogens is 1. The lowest BCUT2D eigenvalue weighted by Crippen LogP contribution is -2.27.